The van der Waals surface area contributed by atoms with Gasteiger partial charge in [-0.15, -0.1) is 11.3 Å². The summed E-state index contributed by atoms with van der Waals surface area (Å²) < 4.78 is 1.42. The van der Waals surface area contributed by atoms with Gasteiger partial charge in [-0.3, -0.25) is 14.2 Å². The second-order valence-electron chi connectivity index (χ2n) is 6.73. The van der Waals surface area contributed by atoms with Gasteiger partial charge in [0.15, 0.2) is 0 Å². The number of hydrogen-bond acceptors (Lipinski definition) is 4. The van der Waals surface area contributed by atoms with E-state index in [4.69, 9.17) is 0 Å². The predicted octanol–water partition coefficient (Wildman–Crippen LogP) is 3.95. The van der Waals surface area contributed by atoms with E-state index >= 15 is 0 Å². The van der Waals surface area contributed by atoms with Crippen LogP contribution in [0.2, 0.25) is 0 Å². The van der Waals surface area contributed by atoms with Crippen LogP contribution in [0, 0.1) is 0 Å². The van der Waals surface area contributed by atoms with E-state index in [0.29, 0.717) is 16.8 Å². The highest BCUT2D eigenvalue weighted by molar-refractivity contribution is 7.17. The Morgan fingerprint density at radius 3 is 2.63 bits per heavy atom. The summed E-state index contributed by atoms with van der Waals surface area (Å²) in [7, 11) is 1.78. The Morgan fingerprint density at radius 1 is 1.22 bits per heavy atom. The average Bonchev–Trinajstić information content (AvgIpc) is 3.13. The lowest BCUT2D eigenvalue weighted by Crippen LogP contribution is -2.34. The first-order chi connectivity index (χ1) is 13.0. The molecule has 0 bridgehead atoms. The van der Waals surface area contributed by atoms with E-state index in [1.54, 1.807) is 11.9 Å². The van der Waals surface area contributed by atoms with E-state index in [1.165, 1.54) is 27.8 Å². The van der Waals surface area contributed by atoms with Crippen LogP contribution >= 0.6 is 11.3 Å². The Kier molecular flexibility index (Phi) is 6.06. The zero-order valence-electron chi connectivity index (χ0n) is 16.1. The maximum Gasteiger partial charge on any atom is 0.263 e. The van der Waals surface area contributed by atoms with E-state index < -0.39 is 0 Å². The number of fused-ring (bicyclic) bond motifs is 1. The number of rotatable bonds is 7. The van der Waals surface area contributed by atoms with Gasteiger partial charge in [0.2, 0.25) is 5.91 Å². The number of unbranched alkanes of at least 4 members (excludes halogenated alkanes) is 1. The second-order valence-corrected chi connectivity index (χ2v) is 7.58. The van der Waals surface area contributed by atoms with Crippen LogP contribution in [0.15, 0.2) is 40.8 Å². The van der Waals surface area contributed by atoms with E-state index in [2.05, 4.69) is 31.0 Å². The molecule has 1 amide bonds. The van der Waals surface area contributed by atoms with Gasteiger partial charge in [-0.05, 0) is 24.0 Å². The van der Waals surface area contributed by atoms with Crippen molar-refractivity contribution in [2.24, 2.45) is 0 Å². The molecule has 3 rings (SSSR count). The van der Waals surface area contributed by atoms with Gasteiger partial charge in [-0.1, -0.05) is 44.5 Å². The summed E-state index contributed by atoms with van der Waals surface area (Å²) in [6.45, 7) is 4.93. The fraction of sp³-hybridized carbons (Fsp3) is 0.381. The maximum atomic E-state index is 13.0. The molecule has 3 aromatic rings. The second kappa shape index (κ2) is 8.48. The van der Waals surface area contributed by atoms with Gasteiger partial charge in [0, 0.05) is 24.5 Å². The predicted molar refractivity (Wildman–Crippen MR) is 111 cm³/mol. The Morgan fingerprint density at radius 2 is 1.96 bits per heavy atom. The average molecular weight is 384 g/mol. The van der Waals surface area contributed by atoms with Crippen molar-refractivity contribution in [2.45, 2.75) is 39.7 Å². The molecule has 142 valence electrons. The third-order valence-corrected chi connectivity index (χ3v) is 5.70. The van der Waals surface area contributed by atoms with Crippen molar-refractivity contribution in [1.29, 1.82) is 0 Å². The van der Waals surface area contributed by atoms with Crippen molar-refractivity contribution in [3.63, 3.8) is 0 Å². The molecular weight excluding hydrogens is 358 g/mol. The number of carbonyl (C=O) groups excluding carboxylic acids is 1. The fourth-order valence-corrected chi connectivity index (χ4v) is 3.91. The minimum Gasteiger partial charge on any atom is -0.344 e. The van der Waals surface area contributed by atoms with Crippen LogP contribution < -0.4 is 5.56 Å². The number of thiophene rings is 1. The van der Waals surface area contributed by atoms with Gasteiger partial charge < -0.3 is 4.90 Å². The first-order valence-electron chi connectivity index (χ1n) is 9.35. The van der Waals surface area contributed by atoms with E-state index in [1.807, 2.05) is 17.5 Å². The molecule has 5 nitrogen and oxygen atoms in total. The standard InChI is InChI=1S/C21H25N3O2S/c1-4-6-11-23(3)18(25)12-24-14-22-20-19(21(24)26)17(13-27-20)16-9-7-15(5-2)8-10-16/h7-10,13-14H,4-6,11-12H2,1-3H3. The fourth-order valence-electron chi connectivity index (χ4n) is 3.00. The molecule has 0 fully saturated rings. The first-order valence-corrected chi connectivity index (χ1v) is 10.2. The molecule has 0 aliphatic carbocycles. The van der Waals surface area contributed by atoms with E-state index in [-0.39, 0.29) is 18.0 Å². The normalized spacial score (nSPS) is 11.1. The van der Waals surface area contributed by atoms with Crippen LogP contribution in [0.1, 0.15) is 32.3 Å². The van der Waals surface area contributed by atoms with Gasteiger partial charge in [-0.25, -0.2) is 4.98 Å². The van der Waals surface area contributed by atoms with Crippen molar-refractivity contribution in [1.82, 2.24) is 14.5 Å². The van der Waals surface area contributed by atoms with E-state index in [0.717, 1.165) is 30.4 Å². The summed E-state index contributed by atoms with van der Waals surface area (Å²) >= 11 is 1.46. The van der Waals surface area contributed by atoms with Crippen LogP contribution in [-0.4, -0.2) is 34.0 Å². The quantitative estimate of drug-likeness (QED) is 0.621. The topological polar surface area (TPSA) is 55.2 Å². The molecule has 27 heavy (non-hydrogen) atoms. The van der Waals surface area contributed by atoms with Crippen molar-refractivity contribution in [3.8, 4) is 11.1 Å². The zero-order chi connectivity index (χ0) is 19.4. The minimum atomic E-state index is -0.159. The summed E-state index contributed by atoms with van der Waals surface area (Å²) in [4.78, 5) is 32.2. The molecule has 0 aliphatic rings. The summed E-state index contributed by atoms with van der Waals surface area (Å²) in [5.74, 6) is -0.0734. The molecular formula is C21H25N3O2S. The van der Waals surface area contributed by atoms with Crippen molar-refractivity contribution in [3.05, 3.63) is 51.9 Å². The highest BCUT2D eigenvalue weighted by Crippen LogP contribution is 2.30. The molecule has 0 atom stereocenters. The van der Waals surface area contributed by atoms with Gasteiger partial charge in [0.25, 0.3) is 5.56 Å². The molecule has 0 N–H and O–H groups in total. The summed E-state index contributed by atoms with van der Waals surface area (Å²) in [5.41, 5.74) is 2.99. The Bertz CT molecular complexity index is 989. The molecule has 0 radical (unpaired) electrons. The lowest BCUT2D eigenvalue weighted by Gasteiger charge is -2.17. The minimum absolute atomic E-state index is 0.0199. The zero-order valence-corrected chi connectivity index (χ0v) is 16.9. The molecule has 0 unspecified atom stereocenters. The van der Waals surface area contributed by atoms with Crippen LogP contribution in [0.25, 0.3) is 21.3 Å². The van der Waals surface area contributed by atoms with Crippen LogP contribution in [0.4, 0.5) is 0 Å². The molecule has 6 heteroatoms. The number of benzene rings is 1. The Hall–Kier alpha value is -2.47. The van der Waals surface area contributed by atoms with Gasteiger partial charge >= 0.3 is 0 Å². The number of amides is 1. The van der Waals surface area contributed by atoms with Crippen molar-refractivity contribution >= 4 is 27.5 Å². The van der Waals surface area contributed by atoms with Crippen LogP contribution in [0.3, 0.4) is 0 Å². The van der Waals surface area contributed by atoms with Crippen molar-refractivity contribution in [2.75, 3.05) is 13.6 Å². The number of nitrogens with zero attached hydrogens (tertiary/aromatic N) is 3. The number of aromatic nitrogens is 2. The highest BCUT2D eigenvalue weighted by Gasteiger charge is 2.16. The third kappa shape index (κ3) is 4.11. The van der Waals surface area contributed by atoms with Crippen molar-refractivity contribution < 1.29 is 4.79 Å². The number of carbonyl (C=O) groups is 1. The lowest BCUT2D eigenvalue weighted by atomic mass is 10.0. The Labute approximate surface area is 163 Å². The largest absolute Gasteiger partial charge is 0.344 e. The molecule has 0 spiro atoms. The molecule has 0 saturated heterocycles. The van der Waals surface area contributed by atoms with Gasteiger partial charge in [-0.2, -0.15) is 0 Å². The van der Waals surface area contributed by atoms with Gasteiger partial charge in [0.05, 0.1) is 11.7 Å². The first kappa shape index (κ1) is 19.3. The third-order valence-electron chi connectivity index (χ3n) is 4.81. The molecule has 2 heterocycles. The van der Waals surface area contributed by atoms with Crippen LogP contribution in [-0.2, 0) is 17.8 Å². The number of likely N-dealkylation sites (N-methyl/N-ethyl adjacent to an activating group) is 1. The Balaban J connectivity index is 1.94. The number of hydrogen-bond donors (Lipinski definition) is 0. The molecule has 0 saturated carbocycles. The monoisotopic (exact) mass is 383 g/mol. The maximum absolute atomic E-state index is 13.0. The van der Waals surface area contributed by atoms with Gasteiger partial charge in [0.1, 0.15) is 11.4 Å². The molecule has 1 aromatic carbocycles. The highest BCUT2D eigenvalue weighted by atomic mass is 32.1. The molecule has 0 aliphatic heterocycles. The van der Waals surface area contributed by atoms with E-state index in [9.17, 15) is 9.59 Å². The SMILES string of the molecule is CCCCN(C)C(=O)Cn1cnc2scc(-c3ccc(CC)cc3)c2c1=O. The lowest BCUT2D eigenvalue weighted by molar-refractivity contribution is -0.130. The smallest absolute Gasteiger partial charge is 0.263 e. The summed E-state index contributed by atoms with van der Waals surface area (Å²) in [6, 6.07) is 8.25. The van der Waals surface area contributed by atoms with Crippen LogP contribution in [0.5, 0.6) is 0 Å². The summed E-state index contributed by atoms with van der Waals surface area (Å²) in [5, 5.41) is 2.57. The summed E-state index contributed by atoms with van der Waals surface area (Å²) in [6.07, 6.45) is 4.44. The molecule has 2 aromatic heterocycles. The number of aryl methyl sites for hydroxylation is 1.